The minimum absolute atomic E-state index is 0.177. The third kappa shape index (κ3) is 2.08. The summed E-state index contributed by atoms with van der Waals surface area (Å²) >= 11 is 1.28. The Morgan fingerprint density at radius 3 is 2.73 bits per heavy atom. The molecule has 0 amide bonds. The molecule has 1 rings (SSSR count). The largest absolute Gasteiger partial charge is 0.392 e. The first kappa shape index (κ1) is 8.33. The number of hydrogen-bond acceptors (Lipinski definition) is 4. The zero-order valence-corrected chi connectivity index (χ0v) is 6.94. The Labute approximate surface area is 68.8 Å². The van der Waals surface area contributed by atoms with Crippen molar-refractivity contribution in [1.29, 1.82) is 0 Å². The van der Waals surface area contributed by atoms with Crippen molar-refractivity contribution in [3.05, 3.63) is 11.5 Å². The van der Waals surface area contributed by atoms with Crippen LogP contribution in [0.4, 0.5) is 0 Å². The minimum atomic E-state index is -0.442. The van der Waals surface area contributed by atoms with Crippen LogP contribution in [0.25, 0.3) is 0 Å². The molecule has 1 unspecified atom stereocenters. The van der Waals surface area contributed by atoms with E-state index in [1.54, 1.807) is 6.92 Å². The number of hydrogen-bond donors (Lipinski definition) is 0. The van der Waals surface area contributed by atoms with E-state index in [1.165, 1.54) is 11.8 Å². The molecule has 0 saturated carbocycles. The van der Waals surface area contributed by atoms with E-state index in [0.29, 0.717) is 0 Å². The highest BCUT2D eigenvalue weighted by Crippen LogP contribution is 2.27. The molecule has 0 radical (unpaired) electrons. The second-order valence-electron chi connectivity index (χ2n) is 2.31. The Hall–Kier alpha value is -0.770. The van der Waals surface area contributed by atoms with Gasteiger partial charge in [0.1, 0.15) is 5.25 Å². The zero-order valence-electron chi connectivity index (χ0n) is 6.12. The van der Waals surface area contributed by atoms with Crippen molar-refractivity contribution in [3.63, 3.8) is 0 Å². The van der Waals surface area contributed by atoms with E-state index in [2.05, 4.69) is 11.3 Å². The van der Waals surface area contributed by atoms with E-state index in [0.717, 1.165) is 4.91 Å². The monoisotopic (exact) mass is 172 g/mol. The van der Waals surface area contributed by atoms with Crippen LogP contribution in [0.1, 0.15) is 13.3 Å². The van der Waals surface area contributed by atoms with Gasteiger partial charge in [0.05, 0.1) is 6.42 Å². The van der Waals surface area contributed by atoms with Crippen molar-refractivity contribution >= 4 is 23.7 Å². The molecule has 1 fully saturated rings. The first-order chi connectivity index (χ1) is 5.09. The van der Waals surface area contributed by atoms with E-state index >= 15 is 0 Å². The molecule has 0 aliphatic carbocycles. The minimum Gasteiger partial charge on any atom is -0.392 e. The third-order valence-corrected chi connectivity index (χ3v) is 2.22. The van der Waals surface area contributed by atoms with Crippen molar-refractivity contribution in [1.82, 2.24) is 0 Å². The van der Waals surface area contributed by atoms with Gasteiger partial charge in [-0.05, 0) is 11.8 Å². The SMILES string of the molecule is C=C(C)SC1CC(=O)OC1=O. The number of carbonyl (C=O) groups is 2. The predicted octanol–water partition coefficient (Wildman–Crippen LogP) is 1.10. The lowest BCUT2D eigenvalue weighted by atomic mass is 10.4. The lowest BCUT2D eigenvalue weighted by Gasteiger charge is -2.00. The molecule has 1 aliphatic rings. The number of cyclic esters (lactones) is 2. The van der Waals surface area contributed by atoms with Crippen LogP contribution < -0.4 is 0 Å². The van der Waals surface area contributed by atoms with Crippen molar-refractivity contribution < 1.29 is 14.3 Å². The van der Waals surface area contributed by atoms with Gasteiger partial charge in [-0.25, -0.2) is 0 Å². The van der Waals surface area contributed by atoms with Gasteiger partial charge in [0, 0.05) is 0 Å². The highest BCUT2D eigenvalue weighted by molar-refractivity contribution is 8.04. The molecule has 11 heavy (non-hydrogen) atoms. The average molecular weight is 172 g/mol. The quantitative estimate of drug-likeness (QED) is 0.462. The molecule has 0 bridgehead atoms. The maximum atomic E-state index is 10.8. The standard InChI is InChI=1S/C7H8O3S/c1-4(2)11-5-3-6(8)10-7(5)9/h5H,1,3H2,2H3. The van der Waals surface area contributed by atoms with Gasteiger partial charge in [-0.15, -0.1) is 11.8 Å². The number of allylic oxidation sites excluding steroid dienone is 1. The van der Waals surface area contributed by atoms with Gasteiger partial charge < -0.3 is 4.74 Å². The van der Waals surface area contributed by atoms with E-state index < -0.39 is 11.9 Å². The van der Waals surface area contributed by atoms with E-state index in [9.17, 15) is 9.59 Å². The van der Waals surface area contributed by atoms with Gasteiger partial charge in [-0.3, -0.25) is 9.59 Å². The highest BCUT2D eigenvalue weighted by Gasteiger charge is 2.33. The fourth-order valence-corrected chi connectivity index (χ4v) is 1.64. The highest BCUT2D eigenvalue weighted by atomic mass is 32.2. The smallest absolute Gasteiger partial charge is 0.327 e. The van der Waals surface area contributed by atoms with Crippen LogP contribution in [-0.4, -0.2) is 17.2 Å². The molecule has 0 aromatic heterocycles. The van der Waals surface area contributed by atoms with Crippen LogP contribution in [-0.2, 0) is 14.3 Å². The molecule has 60 valence electrons. The Kier molecular flexibility index (Phi) is 2.34. The summed E-state index contributed by atoms with van der Waals surface area (Å²) in [4.78, 5) is 22.2. The molecule has 1 heterocycles. The molecule has 1 aliphatic heterocycles. The van der Waals surface area contributed by atoms with Crippen molar-refractivity contribution in [2.45, 2.75) is 18.6 Å². The molecule has 0 N–H and O–H groups in total. The Balaban J connectivity index is 2.53. The van der Waals surface area contributed by atoms with Crippen LogP contribution in [0.5, 0.6) is 0 Å². The predicted molar refractivity (Wildman–Crippen MR) is 41.9 cm³/mol. The first-order valence-electron chi connectivity index (χ1n) is 3.16. The molecule has 1 atom stereocenters. The molecule has 0 spiro atoms. The number of thioether (sulfide) groups is 1. The second kappa shape index (κ2) is 3.09. The maximum Gasteiger partial charge on any atom is 0.327 e. The summed E-state index contributed by atoms with van der Waals surface area (Å²) in [6, 6.07) is 0. The normalized spacial score (nSPS) is 23.5. The molecular weight excluding hydrogens is 164 g/mol. The molecule has 4 heteroatoms. The summed E-state index contributed by atoms with van der Waals surface area (Å²) in [6.45, 7) is 5.41. The molecule has 1 saturated heterocycles. The number of rotatable bonds is 2. The fourth-order valence-electron chi connectivity index (χ4n) is 0.787. The maximum absolute atomic E-state index is 10.8. The average Bonchev–Trinajstić information content (AvgIpc) is 2.09. The Morgan fingerprint density at radius 1 is 1.73 bits per heavy atom. The van der Waals surface area contributed by atoms with Crippen LogP contribution in [0, 0.1) is 0 Å². The number of ether oxygens (including phenoxy) is 1. The summed E-state index contributed by atoms with van der Waals surface area (Å²) < 4.78 is 4.33. The fraction of sp³-hybridized carbons (Fsp3) is 0.429. The van der Waals surface area contributed by atoms with Crippen molar-refractivity contribution in [2.75, 3.05) is 0 Å². The van der Waals surface area contributed by atoms with Gasteiger partial charge in [0.25, 0.3) is 0 Å². The second-order valence-corrected chi connectivity index (χ2v) is 3.81. The molecule has 0 aromatic rings. The molecule has 3 nitrogen and oxygen atoms in total. The van der Waals surface area contributed by atoms with Crippen molar-refractivity contribution in [2.24, 2.45) is 0 Å². The summed E-state index contributed by atoms with van der Waals surface area (Å²) in [5.74, 6) is -0.878. The first-order valence-corrected chi connectivity index (χ1v) is 4.04. The van der Waals surface area contributed by atoms with Gasteiger partial charge in [0.2, 0.25) is 0 Å². The van der Waals surface area contributed by atoms with Gasteiger partial charge in [0.15, 0.2) is 0 Å². The van der Waals surface area contributed by atoms with Gasteiger partial charge in [-0.1, -0.05) is 6.58 Å². The molecule has 0 aromatic carbocycles. The summed E-state index contributed by atoms with van der Waals surface area (Å²) in [6.07, 6.45) is 0.177. The van der Waals surface area contributed by atoms with Crippen LogP contribution in [0.15, 0.2) is 11.5 Å². The Bertz CT molecular complexity index is 222. The number of esters is 2. The van der Waals surface area contributed by atoms with E-state index in [4.69, 9.17) is 0 Å². The van der Waals surface area contributed by atoms with Gasteiger partial charge in [-0.2, -0.15) is 0 Å². The lowest BCUT2D eigenvalue weighted by Crippen LogP contribution is -2.08. The van der Waals surface area contributed by atoms with Crippen LogP contribution in [0.2, 0.25) is 0 Å². The summed E-state index contributed by atoms with van der Waals surface area (Å²) in [5.41, 5.74) is 0. The van der Waals surface area contributed by atoms with E-state index in [1.807, 2.05) is 0 Å². The molecular formula is C7H8O3S. The van der Waals surface area contributed by atoms with Crippen LogP contribution >= 0.6 is 11.8 Å². The van der Waals surface area contributed by atoms with Crippen molar-refractivity contribution in [3.8, 4) is 0 Å². The topological polar surface area (TPSA) is 43.4 Å². The summed E-state index contributed by atoms with van der Waals surface area (Å²) in [7, 11) is 0. The van der Waals surface area contributed by atoms with Crippen LogP contribution in [0.3, 0.4) is 0 Å². The Morgan fingerprint density at radius 2 is 2.36 bits per heavy atom. The zero-order chi connectivity index (χ0) is 8.43. The third-order valence-electron chi connectivity index (χ3n) is 1.17. The van der Waals surface area contributed by atoms with E-state index in [-0.39, 0.29) is 11.7 Å². The number of carbonyl (C=O) groups excluding carboxylic acids is 2. The lowest BCUT2D eigenvalue weighted by molar-refractivity contribution is -0.151. The van der Waals surface area contributed by atoms with Gasteiger partial charge >= 0.3 is 11.9 Å². The summed E-state index contributed by atoms with van der Waals surface area (Å²) in [5, 5.41) is -0.361.